The molecule has 2 N–H and O–H groups in total. The molecule has 0 aromatic carbocycles. The molecule has 1 aromatic heterocycles. The minimum Gasteiger partial charge on any atom is -0.357 e. The maximum atomic E-state index is 4.73. The zero-order valence-corrected chi connectivity index (χ0v) is 14.3. The minimum atomic E-state index is 0.482. The highest BCUT2D eigenvalue weighted by molar-refractivity contribution is 7.10. The maximum Gasteiger partial charge on any atom is 0.191 e. The van der Waals surface area contributed by atoms with Gasteiger partial charge in [-0.3, -0.25) is 9.89 Å². The van der Waals surface area contributed by atoms with Gasteiger partial charge in [0.15, 0.2) is 5.96 Å². The lowest BCUT2D eigenvalue weighted by Crippen LogP contribution is -2.41. The number of aliphatic imine (C=N–C) groups is 1. The van der Waals surface area contributed by atoms with E-state index in [0.717, 1.165) is 45.1 Å². The summed E-state index contributed by atoms with van der Waals surface area (Å²) in [6, 6.07) is 2.75. The van der Waals surface area contributed by atoms with Gasteiger partial charge in [0.05, 0.1) is 6.54 Å². The second-order valence-corrected chi connectivity index (χ2v) is 6.59. The molecule has 21 heavy (non-hydrogen) atoms. The van der Waals surface area contributed by atoms with Crippen molar-refractivity contribution < 1.29 is 0 Å². The van der Waals surface area contributed by atoms with Gasteiger partial charge in [0.2, 0.25) is 0 Å². The van der Waals surface area contributed by atoms with Crippen molar-refractivity contribution in [2.24, 2.45) is 4.99 Å². The van der Waals surface area contributed by atoms with Gasteiger partial charge in [-0.15, -0.1) is 11.3 Å². The number of hydrogen-bond acceptors (Lipinski definition) is 3. The molecule has 0 bridgehead atoms. The van der Waals surface area contributed by atoms with Crippen LogP contribution >= 0.6 is 11.3 Å². The molecule has 118 valence electrons. The van der Waals surface area contributed by atoms with Gasteiger partial charge in [0.25, 0.3) is 0 Å². The molecule has 4 nitrogen and oxygen atoms in total. The van der Waals surface area contributed by atoms with Crippen molar-refractivity contribution in [2.45, 2.75) is 46.2 Å². The summed E-state index contributed by atoms with van der Waals surface area (Å²) in [5, 5.41) is 8.89. The Morgan fingerprint density at radius 3 is 3.05 bits per heavy atom. The second-order valence-electron chi connectivity index (χ2n) is 5.58. The van der Waals surface area contributed by atoms with E-state index in [-0.39, 0.29) is 0 Å². The van der Waals surface area contributed by atoms with E-state index in [1.165, 1.54) is 12.0 Å². The fourth-order valence-electron chi connectivity index (χ4n) is 2.57. The Kier molecular flexibility index (Phi) is 6.51. The summed E-state index contributed by atoms with van der Waals surface area (Å²) in [7, 11) is 0. The number of fused-ring (bicyclic) bond motifs is 1. The van der Waals surface area contributed by atoms with Crippen LogP contribution in [-0.4, -0.2) is 43.1 Å². The van der Waals surface area contributed by atoms with E-state index < -0.39 is 0 Å². The van der Waals surface area contributed by atoms with E-state index in [0.29, 0.717) is 6.04 Å². The molecule has 1 aliphatic heterocycles. The van der Waals surface area contributed by atoms with Crippen molar-refractivity contribution in [3.05, 3.63) is 21.9 Å². The topological polar surface area (TPSA) is 39.7 Å². The van der Waals surface area contributed by atoms with Crippen LogP contribution in [0.15, 0.2) is 16.4 Å². The van der Waals surface area contributed by atoms with Crippen molar-refractivity contribution in [3.8, 4) is 0 Å². The molecule has 0 saturated carbocycles. The van der Waals surface area contributed by atoms with E-state index in [9.17, 15) is 0 Å². The van der Waals surface area contributed by atoms with Crippen LogP contribution in [0.4, 0.5) is 0 Å². The first-order valence-corrected chi connectivity index (χ1v) is 8.94. The SMILES string of the molecule is CCCNC(=NCC(C)N1CCc2sccc2C1)NCC. The quantitative estimate of drug-likeness (QED) is 0.626. The predicted molar refractivity (Wildman–Crippen MR) is 92.2 cm³/mol. The molecule has 1 aromatic rings. The number of rotatable bonds is 6. The summed E-state index contributed by atoms with van der Waals surface area (Å²) >= 11 is 1.90. The minimum absolute atomic E-state index is 0.482. The Balaban J connectivity index is 1.87. The molecule has 0 aliphatic carbocycles. The third-order valence-electron chi connectivity index (χ3n) is 3.86. The molecule has 0 amide bonds. The molecule has 1 atom stereocenters. The monoisotopic (exact) mass is 308 g/mol. The van der Waals surface area contributed by atoms with E-state index in [2.05, 4.69) is 47.8 Å². The zero-order valence-electron chi connectivity index (χ0n) is 13.5. The van der Waals surface area contributed by atoms with Crippen molar-refractivity contribution in [1.29, 1.82) is 0 Å². The van der Waals surface area contributed by atoms with Gasteiger partial charge in [0.1, 0.15) is 0 Å². The molecular weight excluding hydrogens is 280 g/mol. The highest BCUT2D eigenvalue weighted by Gasteiger charge is 2.21. The number of nitrogens with one attached hydrogen (secondary N) is 2. The number of guanidine groups is 1. The molecule has 0 radical (unpaired) electrons. The number of thiophene rings is 1. The van der Waals surface area contributed by atoms with Gasteiger partial charge in [-0.1, -0.05) is 6.92 Å². The summed E-state index contributed by atoms with van der Waals surface area (Å²) < 4.78 is 0. The van der Waals surface area contributed by atoms with Gasteiger partial charge < -0.3 is 10.6 Å². The first-order chi connectivity index (χ1) is 10.2. The largest absolute Gasteiger partial charge is 0.357 e. The Morgan fingerprint density at radius 2 is 2.29 bits per heavy atom. The Bertz CT molecular complexity index is 455. The molecule has 0 fully saturated rings. The summed E-state index contributed by atoms with van der Waals surface area (Å²) in [6.07, 6.45) is 2.31. The smallest absolute Gasteiger partial charge is 0.191 e. The third kappa shape index (κ3) is 4.71. The van der Waals surface area contributed by atoms with Gasteiger partial charge in [0, 0.05) is 37.1 Å². The summed E-state index contributed by atoms with van der Waals surface area (Å²) in [4.78, 5) is 8.84. The lowest BCUT2D eigenvalue weighted by atomic mass is 10.1. The van der Waals surface area contributed by atoms with E-state index in [1.54, 1.807) is 4.88 Å². The predicted octanol–water partition coefficient (Wildman–Crippen LogP) is 2.46. The zero-order chi connectivity index (χ0) is 15.1. The molecule has 2 heterocycles. The molecule has 0 spiro atoms. The summed E-state index contributed by atoms with van der Waals surface area (Å²) in [5.41, 5.74) is 1.51. The number of hydrogen-bond donors (Lipinski definition) is 2. The van der Waals surface area contributed by atoms with Crippen molar-refractivity contribution >= 4 is 17.3 Å². The van der Waals surface area contributed by atoms with Crippen molar-refractivity contribution in [3.63, 3.8) is 0 Å². The average molecular weight is 308 g/mol. The average Bonchev–Trinajstić information content (AvgIpc) is 2.97. The highest BCUT2D eigenvalue weighted by Crippen LogP contribution is 2.25. The van der Waals surface area contributed by atoms with Crippen LogP contribution in [0.3, 0.4) is 0 Å². The van der Waals surface area contributed by atoms with Crippen LogP contribution in [0, 0.1) is 0 Å². The summed E-state index contributed by atoms with van der Waals surface area (Å²) in [5.74, 6) is 0.944. The lowest BCUT2D eigenvalue weighted by molar-refractivity contribution is 0.197. The first-order valence-electron chi connectivity index (χ1n) is 8.06. The van der Waals surface area contributed by atoms with Crippen LogP contribution in [-0.2, 0) is 13.0 Å². The second kappa shape index (κ2) is 8.39. The molecule has 0 saturated heterocycles. The Morgan fingerprint density at radius 1 is 1.43 bits per heavy atom. The van der Waals surface area contributed by atoms with Crippen LogP contribution in [0.2, 0.25) is 0 Å². The molecule has 2 rings (SSSR count). The van der Waals surface area contributed by atoms with Crippen molar-refractivity contribution in [2.75, 3.05) is 26.2 Å². The first kappa shape index (κ1) is 16.3. The lowest BCUT2D eigenvalue weighted by Gasteiger charge is -2.31. The third-order valence-corrected chi connectivity index (χ3v) is 4.88. The van der Waals surface area contributed by atoms with E-state index in [1.807, 2.05) is 11.3 Å². The van der Waals surface area contributed by atoms with Crippen LogP contribution < -0.4 is 10.6 Å². The summed E-state index contributed by atoms with van der Waals surface area (Å²) in [6.45, 7) is 11.5. The van der Waals surface area contributed by atoms with Crippen LogP contribution in [0.1, 0.15) is 37.6 Å². The number of nitrogens with zero attached hydrogens (tertiary/aromatic N) is 2. The molecular formula is C16H28N4S. The fraction of sp³-hybridized carbons (Fsp3) is 0.688. The Labute approximate surface area is 132 Å². The van der Waals surface area contributed by atoms with E-state index in [4.69, 9.17) is 4.99 Å². The molecule has 1 unspecified atom stereocenters. The standard InChI is InChI=1S/C16H28N4S/c1-4-8-18-16(17-5-2)19-11-13(3)20-9-6-15-14(12-20)7-10-21-15/h7,10,13H,4-6,8-9,11-12H2,1-3H3,(H2,17,18,19). The maximum absolute atomic E-state index is 4.73. The van der Waals surface area contributed by atoms with Crippen LogP contribution in [0.25, 0.3) is 0 Å². The molecule has 1 aliphatic rings. The van der Waals surface area contributed by atoms with E-state index >= 15 is 0 Å². The van der Waals surface area contributed by atoms with Crippen molar-refractivity contribution in [1.82, 2.24) is 15.5 Å². The Hall–Kier alpha value is -1.07. The normalized spacial score (nSPS) is 17.4. The molecule has 5 heteroatoms. The van der Waals surface area contributed by atoms with Gasteiger partial charge in [-0.05, 0) is 43.7 Å². The van der Waals surface area contributed by atoms with Gasteiger partial charge >= 0.3 is 0 Å². The van der Waals surface area contributed by atoms with Crippen LogP contribution in [0.5, 0.6) is 0 Å². The fourth-order valence-corrected chi connectivity index (χ4v) is 3.46. The van der Waals surface area contributed by atoms with Gasteiger partial charge in [-0.25, -0.2) is 0 Å². The highest BCUT2D eigenvalue weighted by atomic mass is 32.1. The van der Waals surface area contributed by atoms with Gasteiger partial charge in [-0.2, -0.15) is 0 Å².